The van der Waals surface area contributed by atoms with E-state index in [2.05, 4.69) is 0 Å². The first-order chi connectivity index (χ1) is 7.09. The minimum absolute atomic E-state index is 0.125. The summed E-state index contributed by atoms with van der Waals surface area (Å²) < 4.78 is 25.5. The third-order valence-electron chi connectivity index (χ3n) is 2.82. The molecule has 80 valence electrons. The van der Waals surface area contributed by atoms with Crippen molar-refractivity contribution in [3.63, 3.8) is 0 Å². The van der Waals surface area contributed by atoms with Crippen LogP contribution in [0.1, 0.15) is 23.2 Å². The van der Waals surface area contributed by atoms with Gasteiger partial charge in [-0.15, -0.1) is 0 Å². The number of hydrogen-bond donors (Lipinski definition) is 1. The van der Waals surface area contributed by atoms with Crippen molar-refractivity contribution in [1.82, 2.24) is 0 Å². The van der Waals surface area contributed by atoms with E-state index in [9.17, 15) is 13.6 Å². The van der Waals surface area contributed by atoms with Crippen LogP contribution in [0.4, 0.5) is 8.78 Å². The highest BCUT2D eigenvalue weighted by molar-refractivity contribution is 6.02. The van der Waals surface area contributed by atoms with Crippen LogP contribution in [-0.4, -0.2) is 17.5 Å². The number of benzene rings is 1. The average molecular weight is 212 g/mol. The predicted octanol–water partition coefficient (Wildman–Crippen LogP) is 1.92. The standard InChI is InChI=1S/C11H10F2O2/c12-8-2-1-7(5-9(8)13)10(15)11(6-14)3-4-11/h1-2,5,14H,3-4,6H2. The summed E-state index contributed by atoms with van der Waals surface area (Å²) in [6.45, 7) is -0.231. The van der Waals surface area contributed by atoms with Crippen molar-refractivity contribution >= 4 is 5.78 Å². The summed E-state index contributed by atoms with van der Waals surface area (Å²) in [6, 6.07) is 3.06. The molecular formula is C11H10F2O2. The smallest absolute Gasteiger partial charge is 0.171 e. The number of aliphatic hydroxyl groups excluding tert-OH is 1. The van der Waals surface area contributed by atoms with E-state index in [1.165, 1.54) is 6.07 Å². The van der Waals surface area contributed by atoms with Crippen LogP contribution in [0.25, 0.3) is 0 Å². The van der Waals surface area contributed by atoms with E-state index >= 15 is 0 Å². The molecule has 0 bridgehead atoms. The summed E-state index contributed by atoms with van der Waals surface area (Å²) in [5.74, 6) is -2.31. The second kappa shape index (κ2) is 3.38. The van der Waals surface area contributed by atoms with Gasteiger partial charge in [0.1, 0.15) is 0 Å². The second-order valence-electron chi connectivity index (χ2n) is 3.90. The molecule has 0 aromatic heterocycles. The molecule has 0 radical (unpaired) electrons. The molecule has 15 heavy (non-hydrogen) atoms. The fourth-order valence-electron chi connectivity index (χ4n) is 1.55. The predicted molar refractivity (Wildman–Crippen MR) is 49.4 cm³/mol. The molecule has 1 saturated carbocycles. The zero-order chi connectivity index (χ0) is 11.1. The third-order valence-corrected chi connectivity index (χ3v) is 2.82. The minimum atomic E-state index is -1.03. The van der Waals surface area contributed by atoms with Gasteiger partial charge in [-0.25, -0.2) is 8.78 Å². The highest BCUT2D eigenvalue weighted by Gasteiger charge is 2.49. The van der Waals surface area contributed by atoms with Gasteiger partial charge >= 0.3 is 0 Å². The van der Waals surface area contributed by atoms with E-state index in [1.54, 1.807) is 0 Å². The highest BCUT2D eigenvalue weighted by atomic mass is 19.2. The van der Waals surface area contributed by atoms with Crippen molar-refractivity contribution in [1.29, 1.82) is 0 Å². The topological polar surface area (TPSA) is 37.3 Å². The Bertz CT molecular complexity index is 411. The molecule has 0 spiro atoms. The number of carbonyl (C=O) groups excluding carboxylic acids is 1. The van der Waals surface area contributed by atoms with Gasteiger partial charge < -0.3 is 5.11 Å². The van der Waals surface area contributed by atoms with Crippen LogP contribution in [0.5, 0.6) is 0 Å². The molecule has 1 aliphatic carbocycles. The SMILES string of the molecule is O=C(c1ccc(F)c(F)c1)C1(CO)CC1. The highest BCUT2D eigenvalue weighted by Crippen LogP contribution is 2.47. The maximum Gasteiger partial charge on any atom is 0.171 e. The number of Topliss-reactive ketones (excluding diaryl/α,β-unsaturated/α-hetero) is 1. The molecule has 0 unspecified atom stereocenters. The lowest BCUT2D eigenvalue weighted by atomic mass is 9.95. The Morgan fingerprint density at radius 2 is 2.00 bits per heavy atom. The molecule has 1 fully saturated rings. The van der Waals surface area contributed by atoms with Gasteiger partial charge in [-0.3, -0.25) is 4.79 Å². The van der Waals surface area contributed by atoms with E-state index in [1.807, 2.05) is 0 Å². The molecular weight excluding hydrogens is 202 g/mol. The molecule has 0 heterocycles. The van der Waals surface area contributed by atoms with Gasteiger partial charge in [-0.1, -0.05) is 0 Å². The molecule has 0 aliphatic heterocycles. The normalized spacial score (nSPS) is 17.5. The number of ketones is 1. The molecule has 2 rings (SSSR count). The lowest BCUT2D eigenvalue weighted by molar-refractivity contribution is 0.0829. The number of halogens is 2. The Morgan fingerprint density at radius 3 is 2.47 bits per heavy atom. The molecule has 0 amide bonds. The number of carbonyl (C=O) groups is 1. The zero-order valence-corrected chi connectivity index (χ0v) is 7.96. The van der Waals surface area contributed by atoms with Gasteiger partial charge in [-0.2, -0.15) is 0 Å². The fraction of sp³-hybridized carbons (Fsp3) is 0.364. The van der Waals surface area contributed by atoms with Crippen LogP contribution in [-0.2, 0) is 0 Å². The Hall–Kier alpha value is -1.29. The quantitative estimate of drug-likeness (QED) is 0.777. The van der Waals surface area contributed by atoms with Crippen LogP contribution < -0.4 is 0 Å². The van der Waals surface area contributed by atoms with Crippen molar-refractivity contribution in [3.05, 3.63) is 35.4 Å². The fourth-order valence-corrected chi connectivity index (χ4v) is 1.55. The summed E-state index contributed by atoms with van der Waals surface area (Å²) in [6.07, 6.45) is 1.22. The van der Waals surface area contributed by atoms with E-state index in [4.69, 9.17) is 5.11 Å². The molecule has 4 heteroatoms. The van der Waals surface area contributed by atoms with E-state index < -0.39 is 17.0 Å². The first-order valence-corrected chi connectivity index (χ1v) is 4.70. The summed E-state index contributed by atoms with van der Waals surface area (Å²) in [4.78, 5) is 11.8. The number of hydrogen-bond acceptors (Lipinski definition) is 2. The summed E-state index contributed by atoms with van der Waals surface area (Å²) in [5.41, 5.74) is -0.606. The molecule has 2 nitrogen and oxygen atoms in total. The molecule has 0 saturated heterocycles. The van der Waals surface area contributed by atoms with Gasteiger partial charge in [0.2, 0.25) is 0 Å². The summed E-state index contributed by atoms with van der Waals surface area (Å²) in [5, 5.41) is 9.02. The van der Waals surface area contributed by atoms with Crippen LogP contribution in [0.3, 0.4) is 0 Å². The van der Waals surface area contributed by atoms with Gasteiger partial charge in [0.15, 0.2) is 17.4 Å². The largest absolute Gasteiger partial charge is 0.395 e. The summed E-state index contributed by atoms with van der Waals surface area (Å²) >= 11 is 0. The van der Waals surface area contributed by atoms with Gasteiger partial charge in [0, 0.05) is 5.56 Å². The molecule has 1 aromatic rings. The molecule has 1 aromatic carbocycles. The lowest BCUT2D eigenvalue weighted by Gasteiger charge is -2.10. The van der Waals surface area contributed by atoms with Crippen molar-refractivity contribution in [3.8, 4) is 0 Å². The first kappa shape index (κ1) is 10.2. The van der Waals surface area contributed by atoms with Crippen molar-refractivity contribution in [2.24, 2.45) is 5.41 Å². The molecule has 0 atom stereocenters. The van der Waals surface area contributed by atoms with Gasteiger partial charge in [0.05, 0.1) is 12.0 Å². The second-order valence-corrected chi connectivity index (χ2v) is 3.90. The van der Waals surface area contributed by atoms with Gasteiger partial charge in [0.25, 0.3) is 0 Å². The van der Waals surface area contributed by atoms with Crippen molar-refractivity contribution < 1.29 is 18.7 Å². The number of aliphatic hydroxyl groups is 1. The maximum absolute atomic E-state index is 12.9. The summed E-state index contributed by atoms with van der Waals surface area (Å²) in [7, 11) is 0. The Labute approximate surface area is 85.5 Å². The Kier molecular flexibility index (Phi) is 2.31. The Balaban J connectivity index is 2.30. The van der Waals surface area contributed by atoms with Crippen LogP contribution in [0, 0.1) is 17.0 Å². The lowest BCUT2D eigenvalue weighted by Crippen LogP contribution is -2.20. The van der Waals surface area contributed by atoms with Crippen molar-refractivity contribution in [2.75, 3.05) is 6.61 Å². The van der Waals surface area contributed by atoms with E-state index in [-0.39, 0.29) is 18.0 Å². The van der Waals surface area contributed by atoms with E-state index in [0.29, 0.717) is 12.8 Å². The van der Waals surface area contributed by atoms with Gasteiger partial charge in [-0.05, 0) is 31.0 Å². The first-order valence-electron chi connectivity index (χ1n) is 4.70. The third kappa shape index (κ3) is 1.65. The Morgan fingerprint density at radius 1 is 1.33 bits per heavy atom. The van der Waals surface area contributed by atoms with Crippen LogP contribution in [0.2, 0.25) is 0 Å². The minimum Gasteiger partial charge on any atom is -0.395 e. The molecule has 1 aliphatic rings. The van der Waals surface area contributed by atoms with E-state index in [0.717, 1.165) is 12.1 Å². The van der Waals surface area contributed by atoms with Crippen LogP contribution >= 0.6 is 0 Å². The average Bonchev–Trinajstić information content (AvgIpc) is 3.02. The number of rotatable bonds is 3. The monoisotopic (exact) mass is 212 g/mol. The van der Waals surface area contributed by atoms with Crippen molar-refractivity contribution in [2.45, 2.75) is 12.8 Å². The molecule has 1 N–H and O–H groups in total. The maximum atomic E-state index is 12.9. The zero-order valence-electron chi connectivity index (χ0n) is 7.96. The van der Waals surface area contributed by atoms with Crippen LogP contribution in [0.15, 0.2) is 18.2 Å².